The second-order valence-electron chi connectivity index (χ2n) is 11.0. The molecule has 0 unspecified atom stereocenters. The number of H-pyrrole nitrogens is 1. The molecular weight excluding hydrogens is 514 g/mol. The van der Waals surface area contributed by atoms with Crippen molar-refractivity contribution in [2.24, 2.45) is 11.8 Å². The molecular formula is C31H26F2N4O3. The molecule has 8 rings (SSSR count). The Kier molecular flexibility index (Phi) is 5.52. The van der Waals surface area contributed by atoms with Crippen molar-refractivity contribution in [2.75, 3.05) is 5.73 Å². The highest BCUT2D eigenvalue weighted by atomic mass is 19.1. The van der Waals surface area contributed by atoms with Crippen molar-refractivity contribution < 1.29 is 23.4 Å². The van der Waals surface area contributed by atoms with Crippen LogP contribution in [0.1, 0.15) is 37.7 Å². The molecule has 9 heteroatoms. The van der Waals surface area contributed by atoms with Gasteiger partial charge in [-0.15, -0.1) is 0 Å². The third-order valence-electron chi connectivity index (χ3n) is 8.81. The lowest BCUT2D eigenvalue weighted by Gasteiger charge is -2.50. The van der Waals surface area contributed by atoms with Gasteiger partial charge in [0.25, 0.3) is 0 Å². The number of nitrogen functional groups attached to an aromatic ring is 1. The molecule has 3 aliphatic carbocycles. The first-order valence-corrected chi connectivity index (χ1v) is 13.4. The van der Waals surface area contributed by atoms with Gasteiger partial charge >= 0.3 is 5.97 Å². The van der Waals surface area contributed by atoms with Gasteiger partial charge in [0.1, 0.15) is 28.7 Å². The smallest absolute Gasteiger partial charge is 0.306 e. The van der Waals surface area contributed by atoms with Crippen molar-refractivity contribution in [3.05, 3.63) is 78.0 Å². The van der Waals surface area contributed by atoms with E-state index in [0.717, 1.165) is 37.3 Å². The van der Waals surface area contributed by atoms with Gasteiger partial charge in [0.05, 0.1) is 16.8 Å². The maximum atomic E-state index is 14.4. The Bertz CT molecular complexity index is 1800. The quantitative estimate of drug-likeness (QED) is 0.222. The number of hydrogen-bond acceptors (Lipinski definition) is 5. The zero-order chi connectivity index (χ0) is 27.6. The second kappa shape index (κ2) is 9.01. The Labute approximate surface area is 228 Å². The van der Waals surface area contributed by atoms with Gasteiger partial charge in [0.2, 0.25) is 0 Å². The largest absolute Gasteiger partial charge is 0.481 e. The summed E-state index contributed by atoms with van der Waals surface area (Å²) < 4.78 is 34.9. The van der Waals surface area contributed by atoms with E-state index in [1.807, 2.05) is 42.5 Å². The van der Waals surface area contributed by atoms with E-state index >= 15 is 0 Å². The molecule has 2 aromatic heterocycles. The second-order valence-corrected chi connectivity index (χ2v) is 11.0. The van der Waals surface area contributed by atoms with Gasteiger partial charge in [0, 0.05) is 23.2 Å². The van der Waals surface area contributed by atoms with Crippen LogP contribution in [0.4, 0.5) is 14.6 Å². The molecule has 202 valence electrons. The maximum absolute atomic E-state index is 14.4. The van der Waals surface area contributed by atoms with E-state index in [4.69, 9.17) is 15.5 Å². The van der Waals surface area contributed by atoms with Gasteiger partial charge in [-0.25, -0.2) is 18.7 Å². The molecule has 40 heavy (non-hydrogen) atoms. The molecule has 3 aliphatic rings. The number of carboxylic acid groups (broad SMARTS) is 1. The number of ether oxygens (including phenoxy) is 1. The summed E-state index contributed by atoms with van der Waals surface area (Å²) >= 11 is 0. The number of nitrogens with one attached hydrogen (secondary N) is 1. The van der Waals surface area contributed by atoms with E-state index in [9.17, 15) is 18.7 Å². The lowest BCUT2D eigenvalue weighted by molar-refractivity contribution is -0.148. The average molecular weight is 541 g/mol. The summed E-state index contributed by atoms with van der Waals surface area (Å²) in [5, 5.41) is 10.9. The summed E-state index contributed by atoms with van der Waals surface area (Å²) in [6.07, 6.45) is 5.46. The first-order chi connectivity index (χ1) is 19.3. The van der Waals surface area contributed by atoms with E-state index in [1.165, 1.54) is 12.3 Å². The summed E-state index contributed by atoms with van der Waals surface area (Å²) in [4.78, 5) is 24.5. The topological polar surface area (TPSA) is 114 Å². The van der Waals surface area contributed by atoms with Gasteiger partial charge < -0.3 is 20.6 Å². The standard InChI is InChI=1S/C31H26F2N4O3/c32-17-12-19-21(15-35-26(19)23(33)13-17)29-36-27-24(40-18-4-2-1-3-5-18)7-6-22(25(27)28(34)37-29)31-10-8-16(9-11-31)20(14-31)30(38)39/h1-7,12-13,15-16,20,35H,8-11,14H2,(H,38,39)(H2,34,36,37)/t16?,20-,31?/m0/s1. The van der Waals surface area contributed by atoms with Gasteiger partial charge in [-0.2, -0.15) is 0 Å². The van der Waals surface area contributed by atoms with Crippen LogP contribution >= 0.6 is 0 Å². The van der Waals surface area contributed by atoms with Crippen molar-refractivity contribution in [3.8, 4) is 22.9 Å². The molecule has 5 aromatic rings. The highest BCUT2D eigenvalue weighted by molar-refractivity contribution is 6.00. The minimum Gasteiger partial charge on any atom is -0.481 e. The predicted octanol–water partition coefficient (Wildman–Crippen LogP) is 6.96. The fourth-order valence-corrected chi connectivity index (χ4v) is 6.90. The number of nitrogens with zero attached hydrogens (tertiary/aromatic N) is 2. The number of rotatable bonds is 5. The number of carbonyl (C=O) groups is 1. The van der Waals surface area contributed by atoms with E-state index in [2.05, 4.69) is 9.97 Å². The predicted molar refractivity (Wildman–Crippen MR) is 147 cm³/mol. The zero-order valence-electron chi connectivity index (χ0n) is 21.5. The van der Waals surface area contributed by atoms with Crippen molar-refractivity contribution in [3.63, 3.8) is 0 Å². The Balaban J connectivity index is 1.45. The van der Waals surface area contributed by atoms with Crippen LogP contribution in [0.3, 0.4) is 0 Å². The lowest BCUT2D eigenvalue weighted by atomic mass is 9.53. The molecule has 0 saturated heterocycles. The maximum Gasteiger partial charge on any atom is 0.306 e. The van der Waals surface area contributed by atoms with Crippen LogP contribution in [0.5, 0.6) is 11.5 Å². The molecule has 0 amide bonds. The van der Waals surface area contributed by atoms with Crippen molar-refractivity contribution in [1.29, 1.82) is 0 Å². The zero-order valence-corrected chi connectivity index (χ0v) is 21.5. The van der Waals surface area contributed by atoms with Crippen LogP contribution in [-0.2, 0) is 10.2 Å². The summed E-state index contributed by atoms with van der Waals surface area (Å²) in [7, 11) is 0. The van der Waals surface area contributed by atoms with Gasteiger partial charge in [-0.05, 0) is 73.3 Å². The number of benzene rings is 3. The summed E-state index contributed by atoms with van der Waals surface area (Å²) in [5.74, 6) is -0.947. The monoisotopic (exact) mass is 540 g/mol. The number of fused-ring (bicyclic) bond motifs is 5. The van der Waals surface area contributed by atoms with Crippen molar-refractivity contribution in [2.45, 2.75) is 37.5 Å². The Morgan fingerprint density at radius 2 is 1.85 bits per heavy atom. The van der Waals surface area contributed by atoms with E-state index in [1.54, 1.807) is 0 Å². The van der Waals surface area contributed by atoms with Crippen molar-refractivity contribution >= 4 is 33.6 Å². The Morgan fingerprint density at radius 3 is 2.60 bits per heavy atom. The van der Waals surface area contributed by atoms with Crippen LogP contribution in [0.25, 0.3) is 33.2 Å². The summed E-state index contributed by atoms with van der Waals surface area (Å²) in [5.41, 5.74) is 8.24. The van der Waals surface area contributed by atoms with Crippen LogP contribution in [0.15, 0.2) is 60.8 Å². The summed E-state index contributed by atoms with van der Waals surface area (Å²) in [6.45, 7) is 0. The fourth-order valence-electron chi connectivity index (χ4n) is 6.90. The Morgan fingerprint density at radius 1 is 1.07 bits per heavy atom. The van der Waals surface area contributed by atoms with Crippen LogP contribution in [-0.4, -0.2) is 26.0 Å². The highest BCUT2D eigenvalue weighted by Gasteiger charge is 2.50. The lowest BCUT2D eigenvalue weighted by Crippen LogP contribution is -2.45. The SMILES string of the molecule is Nc1nc(-c2c[nH]c3c(F)cc(F)cc23)nc2c(Oc3ccccc3)ccc(C34CCC(CC3)[C@@H](C(=O)O)C4)c12. The van der Waals surface area contributed by atoms with E-state index in [-0.39, 0.29) is 28.5 Å². The summed E-state index contributed by atoms with van der Waals surface area (Å²) in [6, 6.07) is 15.1. The molecule has 0 aliphatic heterocycles. The number of anilines is 1. The minimum atomic E-state index is -0.757. The third kappa shape index (κ3) is 3.79. The molecule has 4 N–H and O–H groups in total. The number of para-hydroxylation sites is 1. The first-order valence-electron chi connectivity index (χ1n) is 13.4. The number of aromatic amines is 1. The van der Waals surface area contributed by atoms with Gasteiger partial charge in [-0.3, -0.25) is 4.79 Å². The van der Waals surface area contributed by atoms with E-state index < -0.39 is 23.5 Å². The van der Waals surface area contributed by atoms with Crippen LogP contribution in [0, 0.1) is 23.5 Å². The molecule has 2 heterocycles. The normalized spacial score (nSPS) is 22.1. The number of hydrogen-bond donors (Lipinski definition) is 3. The van der Waals surface area contributed by atoms with Gasteiger partial charge in [-0.1, -0.05) is 24.3 Å². The Hall–Kier alpha value is -4.53. The average Bonchev–Trinajstić information content (AvgIpc) is 3.38. The highest BCUT2D eigenvalue weighted by Crippen LogP contribution is 2.56. The van der Waals surface area contributed by atoms with Gasteiger partial charge in [0.15, 0.2) is 11.6 Å². The van der Waals surface area contributed by atoms with Crippen LogP contribution < -0.4 is 10.5 Å². The molecule has 0 spiro atoms. The number of carboxylic acids is 1. The minimum absolute atomic E-state index is 0.144. The molecule has 2 bridgehead atoms. The molecule has 3 aromatic carbocycles. The van der Waals surface area contributed by atoms with E-state index in [0.29, 0.717) is 39.8 Å². The third-order valence-corrected chi connectivity index (χ3v) is 8.81. The molecule has 3 saturated carbocycles. The first kappa shape index (κ1) is 24.5. The number of aliphatic carboxylic acids is 1. The molecule has 7 nitrogen and oxygen atoms in total. The molecule has 3 fully saturated rings. The number of aromatic nitrogens is 3. The molecule has 0 radical (unpaired) electrons. The van der Waals surface area contributed by atoms with Crippen molar-refractivity contribution in [1.82, 2.24) is 15.0 Å². The molecule has 1 atom stereocenters. The number of halogens is 2. The number of nitrogens with two attached hydrogens (primary N) is 1. The fraction of sp³-hybridized carbons (Fsp3) is 0.258. The van der Waals surface area contributed by atoms with Crippen LogP contribution in [0.2, 0.25) is 0 Å².